The molecule has 2 rings (SSSR count). The van der Waals surface area contributed by atoms with Crippen molar-refractivity contribution in [3.05, 3.63) is 53.9 Å². The second kappa shape index (κ2) is 5.89. The molecule has 0 radical (unpaired) electrons. The maximum Gasteiger partial charge on any atom is 0.149 e. The summed E-state index contributed by atoms with van der Waals surface area (Å²) in [6.07, 6.45) is 2.55. The van der Waals surface area contributed by atoms with Gasteiger partial charge in [0.1, 0.15) is 11.6 Å². The Morgan fingerprint density at radius 3 is 2.63 bits per heavy atom. The fraction of sp³-hybridized carbons (Fsp3) is 0.267. The molecule has 19 heavy (non-hydrogen) atoms. The van der Waals surface area contributed by atoms with E-state index in [4.69, 9.17) is 0 Å². The number of hydrogen-bond donors (Lipinski definition) is 1. The van der Waals surface area contributed by atoms with Crippen LogP contribution >= 0.6 is 0 Å². The highest BCUT2D eigenvalue weighted by atomic mass is 19.1. The minimum atomic E-state index is -0.519. The predicted octanol–water partition coefficient (Wildman–Crippen LogP) is 3.70. The summed E-state index contributed by atoms with van der Waals surface area (Å²) >= 11 is 0. The van der Waals surface area contributed by atoms with Crippen molar-refractivity contribution in [1.29, 1.82) is 0 Å². The molecule has 1 aromatic carbocycles. The summed E-state index contributed by atoms with van der Waals surface area (Å²) in [5.41, 5.74) is 1.43. The second-order valence-electron chi connectivity index (χ2n) is 4.37. The summed E-state index contributed by atoms with van der Waals surface area (Å²) in [4.78, 5) is 3.68. The van der Waals surface area contributed by atoms with E-state index in [0.29, 0.717) is 0 Å². The largest absolute Gasteiger partial charge is 0.310 e. The monoisotopic (exact) mass is 262 g/mol. The van der Waals surface area contributed by atoms with Crippen LogP contribution in [-0.2, 0) is 0 Å². The molecule has 0 bridgehead atoms. The molecule has 4 heteroatoms. The van der Waals surface area contributed by atoms with Crippen molar-refractivity contribution in [2.45, 2.75) is 19.9 Å². The summed E-state index contributed by atoms with van der Waals surface area (Å²) < 4.78 is 27.6. The summed E-state index contributed by atoms with van der Waals surface area (Å²) in [7, 11) is 0. The fourth-order valence-corrected chi connectivity index (χ4v) is 2.04. The van der Waals surface area contributed by atoms with Gasteiger partial charge < -0.3 is 5.32 Å². The Morgan fingerprint density at radius 2 is 1.95 bits per heavy atom. The highest BCUT2D eigenvalue weighted by molar-refractivity contribution is 5.65. The Morgan fingerprint density at radius 1 is 1.16 bits per heavy atom. The third kappa shape index (κ3) is 2.96. The molecular formula is C15H16F2N2. The lowest BCUT2D eigenvalue weighted by Crippen LogP contribution is -2.17. The molecule has 0 fully saturated rings. The molecule has 0 spiro atoms. The molecular weight excluding hydrogens is 246 g/mol. The van der Waals surface area contributed by atoms with E-state index >= 15 is 0 Å². The zero-order valence-electron chi connectivity index (χ0n) is 11.0. The number of aromatic nitrogens is 1. The third-order valence-corrected chi connectivity index (χ3v) is 3.06. The van der Waals surface area contributed by atoms with Crippen molar-refractivity contribution < 1.29 is 8.78 Å². The van der Waals surface area contributed by atoms with Crippen LogP contribution in [0.3, 0.4) is 0 Å². The van der Waals surface area contributed by atoms with Crippen LogP contribution in [0.15, 0.2) is 36.7 Å². The summed E-state index contributed by atoms with van der Waals surface area (Å²) in [5, 5.41) is 3.25. The van der Waals surface area contributed by atoms with Crippen LogP contribution in [0, 0.1) is 11.6 Å². The van der Waals surface area contributed by atoms with Gasteiger partial charge in [-0.3, -0.25) is 4.98 Å². The smallest absolute Gasteiger partial charge is 0.149 e. The minimum Gasteiger partial charge on any atom is -0.310 e. The van der Waals surface area contributed by atoms with Gasteiger partial charge in [-0.1, -0.05) is 13.0 Å². The lowest BCUT2D eigenvalue weighted by Gasteiger charge is -2.14. The SMILES string of the molecule is CCNC(C)c1ccc(F)c(-c2ccncc2F)c1. The highest BCUT2D eigenvalue weighted by Crippen LogP contribution is 2.27. The fourth-order valence-electron chi connectivity index (χ4n) is 2.04. The van der Waals surface area contributed by atoms with Gasteiger partial charge in [0, 0.05) is 23.4 Å². The van der Waals surface area contributed by atoms with Gasteiger partial charge in [0.15, 0.2) is 0 Å². The van der Waals surface area contributed by atoms with Crippen LogP contribution < -0.4 is 5.32 Å². The molecule has 0 aliphatic heterocycles. The molecule has 1 heterocycles. The highest BCUT2D eigenvalue weighted by Gasteiger charge is 2.13. The van der Waals surface area contributed by atoms with Gasteiger partial charge in [0.2, 0.25) is 0 Å². The lowest BCUT2D eigenvalue weighted by molar-refractivity contribution is 0.590. The first-order valence-corrected chi connectivity index (χ1v) is 6.26. The standard InChI is InChI=1S/C15H16F2N2/c1-3-19-10(2)11-4-5-14(16)13(8-11)12-6-7-18-9-15(12)17/h4-10,19H,3H2,1-2H3. The van der Waals surface area contributed by atoms with Crippen LogP contribution in [0.1, 0.15) is 25.5 Å². The molecule has 2 aromatic rings. The third-order valence-electron chi connectivity index (χ3n) is 3.06. The Hall–Kier alpha value is -1.81. The van der Waals surface area contributed by atoms with Gasteiger partial charge in [0.05, 0.1) is 6.20 Å². The summed E-state index contributed by atoms with van der Waals surface area (Å²) in [6.45, 7) is 4.81. The van der Waals surface area contributed by atoms with Crippen molar-refractivity contribution in [2.24, 2.45) is 0 Å². The van der Waals surface area contributed by atoms with Crippen molar-refractivity contribution in [2.75, 3.05) is 6.54 Å². The van der Waals surface area contributed by atoms with Crippen molar-refractivity contribution in [3.63, 3.8) is 0 Å². The molecule has 0 saturated carbocycles. The maximum absolute atomic E-state index is 13.9. The second-order valence-corrected chi connectivity index (χ2v) is 4.37. The molecule has 1 unspecified atom stereocenters. The van der Waals surface area contributed by atoms with Crippen LogP contribution in [0.2, 0.25) is 0 Å². The van der Waals surface area contributed by atoms with Crippen molar-refractivity contribution >= 4 is 0 Å². The average Bonchev–Trinajstić information content (AvgIpc) is 2.40. The van der Waals surface area contributed by atoms with Crippen LogP contribution in [0.4, 0.5) is 8.78 Å². The summed E-state index contributed by atoms with van der Waals surface area (Å²) in [5.74, 6) is -0.952. The van der Waals surface area contributed by atoms with E-state index in [9.17, 15) is 8.78 Å². The number of halogens is 2. The van der Waals surface area contributed by atoms with E-state index in [-0.39, 0.29) is 17.2 Å². The molecule has 1 atom stereocenters. The minimum absolute atomic E-state index is 0.0919. The zero-order chi connectivity index (χ0) is 13.8. The molecule has 0 aliphatic rings. The Kier molecular flexibility index (Phi) is 4.22. The molecule has 0 amide bonds. The molecule has 100 valence electrons. The molecule has 1 aromatic heterocycles. The van der Waals surface area contributed by atoms with Gasteiger partial charge >= 0.3 is 0 Å². The van der Waals surface area contributed by atoms with Gasteiger partial charge in [0.25, 0.3) is 0 Å². The van der Waals surface area contributed by atoms with Gasteiger partial charge in [-0.05, 0) is 37.2 Å². The topological polar surface area (TPSA) is 24.9 Å². The number of nitrogens with one attached hydrogen (secondary N) is 1. The first kappa shape index (κ1) is 13.6. The van der Waals surface area contributed by atoms with E-state index < -0.39 is 11.6 Å². The Balaban J connectivity index is 2.46. The number of rotatable bonds is 4. The normalized spacial score (nSPS) is 12.4. The molecule has 0 aliphatic carbocycles. The van der Waals surface area contributed by atoms with E-state index in [0.717, 1.165) is 18.3 Å². The van der Waals surface area contributed by atoms with Gasteiger partial charge in [-0.15, -0.1) is 0 Å². The van der Waals surface area contributed by atoms with E-state index in [1.54, 1.807) is 12.1 Å². The Bertz CT molecular complexity index is 570. The van der Waals surface area contributed by atoms with Crippen molar-refractivity contribution in [1.82, 2.24) is 10.3 Å². The average molecular weight is 262 g/mol. The number of nitrogens with zero attached hydrogens (tertiary/aromatic N) is 1. The van der Waals surface area contributed by atoms with E-state index in [1.165, 1.54) is 18.3 Å². The Labute approximate surface area is 111 Å². The number of benzene rings is 1. The number of pyridine rings is 1. The quantitative estimate of drug-likeness (QED) is 0.908. The predicted molar refractivity (Wildman–Crippen MR) is 71.7 cm³/mol. The van der Waals surface area contributed by atoms with Gasteiger partial charge in [-0.2, -0.15) is 0 Å². The molecule has 2 nitrogen and oxygen atoms in total. The first-order chi connectivity index (χ1) is 9.13. The lowest BCUT2D eigenvalue weighted by atomic mass is 10.00. The maximum atomic E-state index is 13.9. The van der Waals surface area contributed by atoms with Crippen LogP contribution in [0.25, 0.3) is 11.1 Å². The number of hydrogen-bond acceptors (Lipinski definition) is 2. The molecule has 1 N–H and O–H groups in total. The van der Waals surface area contributed by atoms with Crippen LogP contribution in [-0.4, -0.2) is 11.5 Å². The van der Waals surface area contributed by atoms with E-state index in [1.807, 2.05) is 13.8 Å². The summed E-state index contributed by atoms with van der Waals surface area (Å²) in [6, 6.07) is 6.34. The van der Waals surface area contributed by atoms with Crippen LogP contribution in [0.5, 0.6) is 0 Å². The molecule has 0 saturated heterocycles. The van der Waals surface area contributed by atoms with Gasteiger partial charge in [-0.25, -0.2) is 8.78 Å². The van der Waals surface area contributed by atoms with Crippen molar-refractivity contribution in [3.8, 4) is 11.1 Å². The van der Waals surface area contributed by atoms with E-state index in [2.05, 4.69) is 10.3 Å². The first-order valence-electron chi connectivity index (χ1n) is 6.26. The zero-order valence-corrected chi connectivity index (χ0v) is 11.0.